The van der Waals surface area contributed by atoms with E-state index in [4.69, 9.17) is 9.47 Å². The number of piperazine rings is 1. The lowest BCUT2D eigenvalue weighted by molar-refractivity contribution is 0.0615. The number of hydrogen-bond donors (Lipinski definition) is 0. The summed E-state index contributed by atoms with van der Waals surface area (Å²) in [6.07, 6.45) is 0. The minimum atomic E-state index is -3.81. The van der Waals surface area contributed by atoms with Crippen molar-refractivity contribution < 1.29 is 27.1 Å². The standard InChI is InChI=1S/C23H28FN3O5S/c24-22-7-6-20(33(29,30)27-13-15-31-16-14-27)18-21(22)23(28)26-10-8-25(9-11-26)12-17-32-19-4-2-1-3-5-19/h1-7,18H,8-17H2. The van der Waals surface area contributed by atoms with Crippen molar-refractivity contribution in [2.24, 2.45) is 0 Å². The number of nitrogens with zero attached hydrogens (tertiary/aromatic N) is 3. The largest absolute Gasteiger partial charge is 0.492 e. The highest BCUT2D eigenvalue weighted by Gasteiger charge is 2.29. The molecule has 0 atom stereocenters. The quantitative estimate of drug-likeness (QED) is 0.604. The van der Waals surface area contributed by atoms with Crippen molar-refractivity contribution in [2.75, 3.05) is 65.6 Å². The second kappa shape index (κ2) is 10.6. The first-order valence-corrected chi connectivity index (χ1v) is 12.5. The van der Waals surface area contributed by atoms with Gasteiger partial charge in [0, 0.05) is 45.8 Å². The van der Waals surface area contributed by atoms with Crippen LogP contribution in [0.5, 0.6) is 5.75 Å². The van der Waals surface area contributed by atoms with Crippen LogP contribution in [0.2, 0.25) is 0 Å². The predicted octanol–water partition coefficient (Wildman–Crippen LogP) is 1.68. The van der Waals surface area contributed by atoms with E-state index in [2.05, 4.69) is 4.90 Å². The number of hydrogen-bond acceptors (Lipinski definition) is 6. The molecule has 2 aromatic carbocycles. The number of ether oxygens (including phenoxy) is 2. The Hall–Kier alpha value is -2.53. The van der Waals surface area contributed by atoms with Gasteiger partial charge in [0.15, 0.2) is 0 Å². The van der Waals surface area contributed by atoms with E-state index >= 15 is 0 Å². The van der Waals surface area contributed by atoms with Crippen molar-refractivity contribution >= 4 is 15.9 Å². The second-order valence-electron chi connectivity index (χ2n) is 7.95. The maximum absolute atomic E-state index is 14.5. The van der Waals surface area contributed by atoms with Gasteiger partial charge in [-0.25, -0.2) is 12.8 Å². The van der Waals surface area contributed by atoms with Gasteiger partial charge in [-0.3, -0.25) is 9.69 Å². The Morgan fingerprint density at radius 3 is 2.36 bits per heavy atom. The van der Waals surface area contributed by atoms with Crippen LogP contribution in [0, 0.1) is 5.82 Å². The minimum absolute atomic E-state index is 0.0779. The van der Waals surface area contributed by atoms with Crippen LogP contribution in [-0.2, 0) is 14.8 Å². The zero-order chi connectivity index (χ0) is 23.3. The van der Waals surface area contributed by atoms with E-state index in [1.54, 1.807) is 4.90 Å². The van der Waals surface area contributed by atoms with E-state index < -0.39 is 21.7 Å². The van der Waals surface area contributed by atoms with Crippen LogP contribution in [0.15, 0.2) is 53.4 Å². The molecule has 4 rings (SSSR count). The van der Waals surface area contributed by atoms with Gasteiger partial charge in [0.05, 0.1) is 23.7 Å². The van der Waals surface area contributed by atoms with Gasteiger partial charge in [-0.2, -0.15) is 4.31 Å². The number of amides is 1. The maximum Gasteiger partial charge on any atom is 0.256 e. The minimum Gasteiger partial charge on any atom is -0.492 e. The van der Waals surface area contributed by atoms with Gasteiger partial charge >= 0.3 is 0 Å². The third kappa shape index (κ3) is 5.70. The Kier molecular flexibility index (Phi) is 7.59. The van der Waals surface area contributed by atoms with Gasteiger partial charge in [-0.1, -0.05) is 18.2 Å². The van der Waals surface area contributed by atoms with Gasteiger partial charge < -0.3 is 14.4 Å². The average Bonchev–Trinajstić information content (AvgIpc) is 2.85. The summed E-state index contributed by atoms with van der Waals surface area (Å²) in [4.78, 5) is 16.7. The summed E-state index contributed by atoms with van der Waals surface area (Å²) in [7, 11) is -3.81. The fraction of sp³-hybridized carbons (Fsp3) is 0.435. The smallest absolute Gasteiger partial charge is 0.256 e. The van der Waals surface area contributed by atoms with Crippen molar-refractivity contribution in [3.05, 3.63) is 59.9 Å². The summed E-state index contributed by atoms with van der Waals surface area (Å²) in [5.41, 5.74) is -0.217. The zero-order valence-corrected chi connectivity index (χ0v) is 19.2. The van der Waals surface area contributed by atoms with Crippen molar-refractivity contribution in [3.63, 3.8) is 0 Å². The van der Waals surface area contributed by atoms with Gasteiger partial charge in [-0.05, 0) is 30.3 Å². The van der Waals surface area contributed by atoms with Crippen LogP contribution >= 0.6 is 0 Å². The van der Waals surface area contributed by atoms with E-state index in [-0.39, 0.29) is 23.5 Å². The highest BCUT2D eigenvalue weighted by atomic mass is 32.2. The van der Waals surface area contributed by atoms with Crippen LogP contribution in [0.4, 0.5) is 4.39 Å². The van der Waals surface area contributed by atoms with Gasteiger partial charge in [-0.15, -0.1) is 0 Å². The first kappa shape index (κ1) is 23.6. The zero-order valence-electron chi connectivity index (χ0n) is 18.4. The number of halogens is 1. The van der Waals surface area contributed by atoms with Crippen LogP contribution < -0.4 is 4.74 Å². The maximum atomic E-state index is 14.5. The molecule has 2 fully saturated rings. The first-order valence-electron chi connectivity index (χ1n) is 11.0. The first-order chi connectivity index (χ1) is 15.9. The molecule has 2 heterocycles. The van der Waals surface area contributed by atoms with Crippen molar-refractivity contribution in [1.29, 1.82) is 0 Å². The number of benzene rings is 2. The molecule has 10 heteroatoms. The summed E-state index contributed by atoms with van der Waals surface area (Å²) in [6.45, 7) is 4.49. The summed E-state index contributed by atoms with van der Waals surface area (Å²) < 4.78 is 52.5. The number of carbonyl (C=O) groups is 1. The van der Waals surface area contributed by atoms with Gasteiger partial charge in [0.2, 0.25) is 10.0 Å². The molecule has 2 aliphatic rings. The van der Waals surface area contributed by atoms with Crippen molar-refractivity contribution in [3.8, 4) is 5.75 Å². The topological polar surface area (TPSA) is 79.4 Å². The van der Waals surface area contributed by atoms with Crippen LogP contribution in [0.3, 0.4) is 0 Å². The van der Waals surface area contributed by atoms with E-state index in [0.717, 1.165) is 24.4 Å². The Bertz CT molecular complexity index is 1050. The highest BCUT2D eigenvalue weighted by Crippen LogP contribution is 2.22. The SMILES string of the molecule is O=C(c1cc(S(=O)(=O)N2CCOCC2)ccc1F)N1CCN(CCOc2ccccc2)CC1. The third-order valence-electron chi connectivity index (χ3n) is 5.86. The molecule has 33 heavy (non-hydrogen) atoms. The van der Waals surface area contributed by atoms with E-state index in [1.165, 1.54) is 10.4 Å². The lowest BCUT2D eigenvalue weighted by Crippen LogP contribution is -2.49. The number of morpholine rings is 1. The Labute approximate surface area is 193 Å². The molecule has 0 N–H and O–H groups in total. The van der Waals surface area contributed by atoms with Crippen molar-refractivity contribution in [1.82, 2.24) is 14.1 Å². The summed E-state index contributed by atoms with van der Waals surface area (Å²) in [5.74, 6) is -0.403. The molecule has 0 saturated carbocycles. The van der Waals surface area contributed by atoms with Crippen molar-refractivity contribution in [2.45, 2.75) is 4.90 Å². The monoisotopic (exact) mass is 477 g/mol. The molecule has 1 amide bonds. The molecule has 2 aliphatic heterocycles. The van der Waals surface area contributed by atoms with Crippen LogP contribution in [0.25, 0.3) is 0 Å². The lowest BCUT2D eigenvalue weighted by atomic mass is 10.1. The molecule has 2 aromatic rings. The summed E-state index contributed by atoms with van der Waals surface area (Å²) in [6, 6.07) is 13.0. The van der Waals surface area contributed by atoms with E-state index in [0.29, 0.717) is 46.0 Å². The molecular weight excluding hydrogens is 449 g/mol. The number of para-hydroxylation sites is 1. The summed E-state index contributed by atoms with van der Waals surface area (Å²) >= 11 is 0. The Morgan fingerprint density at radius 2 is 1.67 bits per heavy atom. The highest BCUT2D eigenvalue weighted by molar-refractivity contribution is 7.89. The van der Waals surface area contributed by atoms with Crippen LogP contribution in [-0.4, -0.2) is 94.1 Å². The Morgan fingerprint density at radius 1 is 0.970 bits per heavy atom. The molecule has 0 spiro atoms. The normalized spacial score (nSPS) is 18.3. The van der Waals surface area contributed by atoms with Gasteiger partial charge in [0.1, 0.15) is 18.2 Å². The average molecular weight is 478 g/mol. The fourth-order valence-corrected chi connectivity index (χ4v) is 5.35. The van der Waals surface area contributed by atoms with E-state index in [9.17, 15) is 17.6 Å². The van der Waals surface area contributed by atoms with Gasteiger partial charge in [0.25, 0.3) is 5.91 Å². The molecule has 0 aromatic heterocycles. The molecule has 178 valence electrons. The molecule has 0 aliphatic carbocycles. The van der Waals surface area contributed by atoms with Crippen LogP contribution in [0.1, 0.15) is 10.4 Å². The molecule has 8 nitrogen and oxygen atoms in total. The molecular formula is C23H28FN3O5S. The molecule has 0 bridgehead atoms. The molecule has 2 saturated heterocycles. The fourth-order valence-electron chi connectivity index (χ4n) is 3.92. The number of sulfonamides is 1. The Balaban J connectivity index is 1.35. The third-order valence-corrected chi connectivity index (χ3v) is 7.75. The second-order valence-corrected chi connectivity index (χ2v) is 9.89. The van der Waals surface area contributed by atoms with E-state index in [1.807, 2.05) is 30.3 Å². The predicted molar refractivity (Wildman–Crippen MR) is 120 cm³/mol. The number of rotatable bonds is 7. The lowest BCUT2D eigenvalue weighted by Gasteiger charge is -2.34. The molecule has 0 radical (unpaired) electrons. The molecule has 0 unspecified atom stereocenters. The number of carbonyl (C=O) groups excluding carboxylic acids is 1. The summed E-state index contributed by atoms with van der Waals surface area (Å²) in [5, 5.41) is 0.